The topological polar surface area (TPSA) is 0 Å². The fraction of sp³-hybridized carbons (Fsp3) is 0.667. The summed E-state index contributed by atoms with van der Waals surface area (Å²) < 4.78 is 0. The van der Waals surface area contributed by atoms with Gasteiger partial charge in [-0.1, -0.05) is 0 Å². The van der Waals surface area contributed by atoms with Crippen molar-refractivity contribution in [3.05, 3.63) is 12.8 Å². The zero-order chi connectivity index (χ0) is 4.99. The summed E-state index contributed by atoms with van der Waals surface area (Å²) in [6.45, 7) is 6.31. The van der Waals surface area contributed by atoms with E-state index in [1.807, 2.05) is 0 Å². The van der Waals surface area contributed by atoms with Crippen molar-refractivity contribution in [3.8, 4) is 0 Å². The van der Waals surface area contributed by atoms with Crippen LogP contribution in [0.5, 0.6) is 0 Å². The Kier molecular flexibility index (Phi) is 21.3. The van der Waals surface area contributed by atoms with Crippen molar-refractivity contribution in [1.82, 2.24) is 0 Å². The molecule has 0 nitrogen and oxygen atoms in total. The molecule has 0 N–H and O–H groups in total. The maximum atomic E-state index is 2.17. The van der Waals surface area contributed by atoms with Crippen LogP contribution in [-0.4, -0.2) is 0 Å². The first-order valence-electron chi connectivity index (χ1n) is 2.40. The van der Waals surface area contributed by atoms with E-state index in [2.05, 4.69) is 33.6 Å². The molecule has 0 spiro atoms. The van der Waals surface area contributed by atoms with Crippen LogP contribution in [0.25, 0.3) is 0 Å². The quantitative estimate of drug-likeness (QED) is 0.491. The van der Waals surface area contributed by atoms with Crippen LogP contribution in [0.2, 0.25) is 0 Å². The first-order valence-corrected chi connectivity index (χ1v) is 2.40. The third-order valence-electron chi connectivity index (χ3n) is 1.05. The monoisotopic (exact) mass is 436 g/mol. The second-order valence-electron chi connectivity index (χ2n) is 1.53. The molecule has 0 aromatic carbocycles. The molecule has 0 bridgehead atoms. The summed E-state index contributed by atoms with van der Waals surface area (Å²) in [5, 5.41) is 0. The van der Waals surface area contributed by atoms with Gasteiger partial charge in [-0.15, -0.1) is 6.92 Å². The predicted octanol–water partition coefficient (Wildman–Crippen LogP) is -0.925. The third kappa shape index (κ3) is 9.93. The average Bonchev–Trinajstić information content (AvgIpc) is 1.65. The van der Waals surface area contributed by atoms with Crippen molar-refractivity contribution in [2.24, 2.45) is 5.92 Å². The number of rotatable bonds is 2. The minimum Gasteiger partial charge on any atom is -0.358 e. The van der Waals surface area contributed by atoms with Crippen molar-refractivity contribution in [2.75, 3.05) is 0 Å². The fourth-order valence-electron chi connectivity index (χ4n) is 0.192. The maximum Gasteiger partial charge on any atom is 1.00 e. The fourth-order valence-corrected chi connectivity index (χ4v) is 0.192. The zero-order valence-corrected chi connectivity index (χ0v) is 17.8. The van der Waals surface area contributed by atoms with Crippen LogP contribution in [0.1, 0.15) is 20.8 Å². The van der Waals surface area contributed by atoms with Crippen LogP contribution < -0.4 is 58.2 Å². The molecule has 0 rings (SSSR count). The molecule has 0 heterocycles. The van der Waals surface area contributed by atoms with E-state index < -0.39 is 0 Å². The largest absolute Gasteiger partial charge is 1.00 e. The summed E-state index contributed by atoms with van der Waals surface area (Å²) in [5.74, 6) is 0.685. The second-order valence-corrected chi connectivity index (χ2v) is 1.53. The summed E-state index contributed by atoms with van der Waals surface area (Å²) in [5.41, 5.74) is 0. The van der Waals surface area contributed by atoms with Crippen LogP contribution >= 0.6 is 0 Å². The van der Waals surface area contributed by atoms with Crippen LogP contribution in [0.15, 0.2) is 0 Å². The number of hydrogen-bond donors (Lipinski definition) is 0. The van der Waals surface area contributed by atoms with Gasteiger partial charge in [0.25, 0.3) is 0 Å². The van der Waals surface area contributed by atoms with E-state index in [4.69, 9.17) is 0 Å². The van der Waals surface area contributed by atoms with E-state index in [1.165, 1.54) is 0 Å². The molecule has 0 unspecified atom stereocenters. The summed E-state index contributed by atoms with van der Waals surface area (Å²) in [6.07, 6.45) is 4.33. The molecule has 0 aliphatic carbocycles. The van der Waals surface area contributed by atoms with Gasteiger partial charge >= 0.3 is 58.2 Å². The van der Waals surface area contributed by atoms with Crippen molar-refractivity contribution in [2.45, 2.75) is 20.8 Å². The van der Waals surface area contributed by atoms with E-state index in [9.17, 15) is 0 Å². The van der Waals surface area contributed by atoms with Gasteiger partial charge in [0.15, 0.2) is 0 Å². The molecular weight excluding hydrogens is 425 g/mol. The van der Waals surface area contributed by atoms with Crippen LogP contribution in [0, 0.1) is 18.8 Å². The SMILES string of the molecule is C[CH-]C(C)[CH-]C.[Rb+].[Rf]. The summed E-state index contributed by atoms with van der Waals surface area (Å²) in [7, 11) is 0. The Bertz CT molecular complexity index is 27.7. The Morgan fingerprint density at radius 3 is 1.38 bits per heavy atom. The van der Waals surface area contributed by atoms with Gasteiger partial charge in [-0.3, -0.25) is 0 Å². The maximum absolute atomic E-state index is 2.17. The molecule has 0 atom stereocenters. The molecule has 2 heteroatoms. The van der Waals surface area contributed by atoms with E-state index in [1.54, 1.807) is 0 Å². The van der Waals surface area contributed by atoms with E-state index in [-0.39, 0.29) is 58.2 Å². The number of hydrogen-bond acceptors (Lipinski definition) is 0. The van der Waals surface area contributed by atoms with Crippen molar-refractivity contribution >= 4 is 0 Å². The molecule has 0 amide bonds. The van der Waals surface area contributed by atoms with Gasteiger partial charge in [0.1, 0.15) is 0 Å². The Hall–Kier alpha value is 0.805. The molecule has 0 aromatic heterocycles. The van der Waals surface area contributed by atoms with Crippen molar-refractivity contribution in [1.29, 1.82) is 0 Å². The van der Waals surface area contributed by atoms with Crippen molar-refractivity contribution < 1.29 is 58.2 Å². The molecule has 0 aliphatic rings. The first kappa shape index (κ1) is 15.9. The first-order chi connectivity index (χ1) is 2.81. The predicted molar refractivity (Wildman–Crippen MR) is 29.1 cm³/mol. The molecule has 0 fully saturated rings. The van der Waals surface area contributed by atoms with Gasteiger partial charge in [-0.05, 0) is 0 Å². The van der Waals surface area contributed by atoms with Gasteiger partial charge in [-0.25, -0.2) is 0 Å². The minimum atomic E-state index is 0. The molecule has 40 valence electrons. The smallest absolute Gasteiger partial charge is 0.358 e. The van der Waals surface area contributed by atoms with Gasteiger partial charge in [0, 0.05) is 0 Å². The Balaban J connectivity index is -0.000000125. The molecule has 0 radical (unpaired) electrons. The summed E-state index contributed by atoms with van der Waals surface area (Å²) >= 11 is 0. The second kappa shape index (κ2) is 10.7. The van der Waals surface area contributed by atoms with Crippen molar-refractivity contribution in [3.63, 3.8) is 0 Å². The average molecular weight is 437 g/mol. The minimum absolute atomic E-state index is 0. The van der Waals surface area contributed by atoms with Gasteiger partial charge in [-0.2, -0.15) is 13.8 Å². The van der Waals surface area contributed by atoms with Crippen LogP contribution in [0.4, 0.5) is 0 Å². The molecule has 0 saturated heterocycles. The normalized spacial score (nSPS) is 7.50. The van der Waals surface area contributed by atoms with Crippen LogP contribution in [0.3, 0.4) is 0 Å². The van der Waals surface area contributed by atoms with E-state index >= 15 is 0 Å². The Morgan fingerprint density at radius 1 is 1.12 bits per heavy atom. The van der Waals surface area contributed by atoms with Gasteiger partial charge < -0.3 is 18.8 Å². The Labute approximate surface area is 95.9 Å². The Morgan fingerprint density at radius 2 is 1.38 bits per heavy atom. The van der Waals surface area contributed by atoms with Gasteiger partial charge in [0.2, 0.25) is 0 Å². The summed E-state index contributed by atoms with van der Waals surface area (Å²) in [6, 6.07) is 0. The van der Waals surface area contributed by atoms with Crippen LogP contribution in [-0.2, 0) is 0 Å². The molecular formula is C6H12RbRf-. The molecule has 8 heavy (non-hydrogen) atoms. The standard InChI is InChI=1S/C6H12.Rb.Rf/c1-4-6(3)5-2;;/h4-6H,1-3H3;;/q-2;+1;. The third-order valence-corrected chi connectivity index (χ3v) is 1.05. The van der Waals surface area contributed by atoms with E-state index in [0.717, 1.165) is 0 Å². The molecule has 0 saturated carbocycles. The zero-order valence-electron chi connectivity index (χ0n) is 6.44. The molecule has 0 aromatic rings. The molecule has 0 aliphatic heterocycles. The van der Waals surface area contributed by atoms with E-state index in [0.29, 0.717) is 5.92 Å². The summed E-state index contributed by atoms with van der Waals surface area (Å²) in [4.78, 5) is 0. The van der Waals surface area contributed by atoms with Gasteiger partial charge in [0.05, 0.1) is 0 Å².